The second-order valence-electron chi connectivity index (χ2n) is 7.47. The third-order valence-electron chi connectivity index (χ3n) is 5.15. The van der Waals surface area contributed by atoms with Crippen molar-refractivity contribution in [3.8, 4) is 11.6 Å². The van der Waals surface area contributed by atoms with Crippen molar-refractivity contribution in [2.24, 2.45) is 0 Å². The molecule has 9 heteroatoms. The Hall–Kier alpha value is -2.61. The van der Waals surface area contributed by atoms with Crippen molar-refractivity contribution < 1.29 is 17.9 Å². The van der Waals surface area contributed by atoms with Crippen LogP contribution in [0, 0.1) is 0 Å². The fraction of sp³-hybridized carbons (Fsp3) is 0.217. The Morgan fingerprint density at radius 2 is 1.78 bits per heavy atom. The summed E-state index contributed by atoms with van der Waals surface area (Å²) in [5.41, 5.74) is 2.82. The molecule has 6 nitrogen and oxygen atoms in total. The van der Waals surface area contributed by atoms with Crippen molar-refractivity contribution in [1.29, 1.82) is 0 Å². The second kappa shape index (κ2) is 9.48. The predicted molar refractivity (Wildman–Crippen MR) is 125 cm³/mol. The van der Waals surface area contributed by atoms with E-state index in [0.29, 0.717) is 16.5 Å². The second-order valence-corrected chi connectivity index (χ2v) is 10.4. The lowest BCUT2D eigenvalue weighted by Crippen LogP contribution is -2.17. The van der Waals surface area contributed by atoms with Gasteiger partial charge in [0.15, 0.2) is 9.84 Å². The van der Waals surface area contributed by atoms with Gasteiger partial charge in [-0.25, -0.2) is 13.4 Å². The van der Waals surface area contributed by atoms with Gasteiger partial charge in [-0.15, -0.1) is 0 Å². The van der Waals surface area contributed by atoms with Crippen LogP contribution in [-0.4, -0.2) is 25.1 Å². The Kier molecular flexibility index (Phi) is 6.69. The minimum atomic E-state index is -3.53. The number of amides is 1. The van der Waals surface area contributed by atoms with Gasteiger partial charge in [0.05, 0.1) is 15.7 Å². The van der Waals surface area contributed by atoms with E-state index in [1.807, 2.05) is 6.07 Å². The van der Waals surface area contributed by atoms with Gasteiger partial charge in [-0.05, 0) is 72.9 Å². The molecule has 1 N–H and O–H groups in total. The summed E-state index contributed by atoms with van der Waals surface area (Å²) < 4.78 is 30.9. The number of anilines is 1. The molecular formula is C23H20Cl2N2O4S. The van der Waals surface area contributed by atoms with Gasteiger partial charge in [-0.3, -0.25) is 4.79 Å². The molecule has 0 bridgehead atoms. The Morgan fingerprint density at radius 1 is 1.03 bits per heavy atom. The molecule has 4 rings (SSSR count). The lowest BCUT2D eigenvalue weighted by molar-refractivity contribution is -0.115. The van der Waals surface area contributed by atoms with Crippen LogP contribution in [0.4, 0.5) is 5.69 Å². The fourth-order valence-corrected chi connectivity index (χ4v) is 5.21. The number of halogens is 2. The van der Waals surface area contributed by atoms with Crippen LogP contribution in [0.25, 0.3) is 0 Å². The monoisotopic (exact) mass is 490 g/mol. The van der Waals surface area contributed by atoms with Crippen LogP contribution in [0.5, 0.6) is 11.6 Å². The van der Waals surface area contributed by atoms with Crippen molar-refractivity contribution in [2.75, 3.05) is 11.1 Å². The van der Waals surface area contributed by atoms with Crippen molar-refractivity contribution in [3.05, 3.63) is 75.9 Å². The molecule has 0 fully saturated rings. The van der Waals surface area contributed by atoms with Crippen LogP contribution in [-0.2, 0) is 27.5 Å². The summed E-state index contributed by atoms with van der Waals surface area (Å²) in [4.78, 5) is 16.6. The van der Waals surface area contributed by atoms with Crippen LogP contribution in [0.2, 0.25) is 10.0 Å². The highest BCUT2D eigenvalue weighted by molar-refractivity contribution is 7.91. The standard InChI is InChI=1S/C23H20Cl2N2O4S/c24-17-13-21(25)23(26-14-17)31-19-7-5-18(6-8-19)27-22(28)10-11-32(29,30)20-9-4-15-2-1-3-16(15)12-20/h4-9,12-14H,1-3,10-11H2,(H,27,28). The van der Waals surface area contributed by atoms with Crippen molar-refractivity contribution in [1.82, 2.24) is 4.98 Å². The zero-order chi connectivity index (χ0) is 22.7. The van der Waals surface area contributed by atoms with Gasteiger partial charge in [-0.1, -0.05) is 29.3 Å². The minimum absolute atomic E-state index is 0.137. The Labute approximate surface area is 196 Å². The number of rotatable bonds is 7. The van der Waals surface area contributed by atoms with E-state index in [2.05, 4.69) is 10.3 Å². The van der Waals surface area contributed by atoms with Gasteiger partial charge in [-0.2, -0.15) is 0 Å². The zero-order valence-electron chi connectivity index (χ0n) is 17.0. The molecular weight excluding hydrogens is 471 g/mol. The van der Waals surface area contributed by atoms with E-state index >= 15 is 0 Å². The van der Waals surface area contributed by atoms with E-state index in [4.69, 9.17) is 27.9 Å². The van der Waals surface area contributed by atoms with E-state index in [1.165, 1.54) is 17.8 Å². The number of carbonyl (C=O) groups is 1. The van der Waals surface area contributed by atoms with Crippen LogP contribution in [0.3, 0.4) is 0 Å². The molecule has 1 aliphatic rings. The molecule has 1 aromatic heterocycles. The molecule has 0 saturated carbocycles. The molecule has 1 heterocycles. The lowest BCUT2D eigenvalue weighted by atomic mass is 10.1. The Morgan fingerprint density at radius 3 is 2.53 bits per heavy atom. The average molecular weight is 491 g/mol. The van der Waals surface area contributed by atoms with E-state index in [9.17, 15) is 13.2 Å². The first kappa shape index (κ1) is 22.6. The van der Waals surface area contributed by atoms with Crippen molar-refractivity contribution in [3.63, 3.8) is 0 Å². The highest BCUT2D eigenvalue weighted by atomic mass is 35.5. The summed E-state index contributed by atoms with van der Waals surface area (Å²) >= 11 is 11.9. The van der Waals surface area contributed by atoms with Crippen molar-refractivity contribution >= 4 is 44.6 Å². The maximum absolute atomic E-state index is 12.6. The van der Waals surface area contributed by atoms with E-state index in [0.717, 1.165) is 24.8 Å². The first-order valence-corrected chi connectivity index (χ1v) is 12.4. The molecule has 32 heavy (non-hydrogen) atoms. The number of aryl methyl sites for hydroxylation is 2. The Balaban J connectivity index is 1.33. The van der Waals surface area contributed by atoms with Crippen molar-refractivity contribution in [2.45, 2.75) is 30.6 Å². The molecule has 0 unspecified atom stereocenters. The third kappa shape index (κ3) is 5.41. The number of aromatic nitrogens is 1. The number of hydrogen-bond donors (Lipinski definition) is 1. The molecule has 0 spiro atoms. The van der Waals surface area contributed by atoms with Gasteiger partial charge in [0.25, 0.3) is 0 Å². The minimum Gasteiger partial charge on any atom is -0.438 e. The molecule has 1 amide bonds. The average Bonchev–Trinajstić information content (AvgIpc) is 3.24. The summed E-state index contributed by atoms with van der Waals surface area (Å²) in [7, 11) is -3.53. The highest BCUT2D eigenvalue weighted by Gasteiger charge is 2.20. The summed E-state index contributed by atoms with van der Waals surface area (Å²) in [6, 6.07) is 13.4. The molecule has 0 atom stereocenters. The predicted octanol–water partition coefficient (Wildman–Crippen LogP) is 5.47. The molecule has 166 valence electrons. The molecule has 2 aromatic carbocycles. The number of pyridine rings is 1. The molecule has 1 aliphatic carbocycles. The van der Waals surface area contributed by atoms with Crippen LogP contribution < -0.4 is 10.1 Å². The van der Waals surface area contributed by atoms with Gasteiger partial charge in [0.2, 0.25) is 11.8 Å². The number of benzene rings is 2. The zero-order valence-corrected chi connectivity index (χ0v) is 19.3. The normalized spacial score (nSPS) is 12.9. The maximum Gasteiger partial charge on any atom is 0.238 e. The van der Waals surface area contributed by atoms with Crippen LogP contribution >= 0.6 is 23.2 Å². The van der Waals surface area contributed by atoms with Gasteiger partial charge in [0.1, 0.15) is 10.8 Å². The summed E-state index contributed by atoms with van der Waals surface area (Å²) in [5.74, 6) is 0.0499. The Bertz CT molecular complexity index is 1260. The van der Waals surface area contributed by atoms with E-state index in [1.54, 1.807) is 36.4 Å². The highest BCUT2D eigenvalue weighted by Crippen LogP contribution is 2.30. The number of ether oxygens (including phenoxy) is 1. The fourth-order valence-electron chi connectivity index (χ4n) is 3.51. The first-order valence-electron chi connectivity index (χ1n) is 10.0. The summed E-state index contributed by atoms with van der Waals surface area (Å²) in [5, 5.41) is 3.38. The smallest absolute Gasteiger partial charge is 0.238 e. The van der Waals surface area contributed by atoms with E-state index < -0.39 is 9.84 Å². The number of nitrogens with one attached hydrogen (secondary N) is 1. The number of carbonyl (C=O) groups excluding carboxylic acids is 1. The number of hydrogen-bond acceptors (Lipinski definition) is 5. The summed E-state index contributed by atoms with van der Waals surface area (Å²) in [6.45, 7) is 0. The quantitative estimate of drug-likeness (QED) is 0.474. The maximum atomic E-state index is 12.6. The van der Waals surface area contributed by atoms with Crippen LogP contribution in [0.1, 0.15) is 24.0 Å². The number of sulfone groups is 1. The van der Waals surface area contributed by atoms with Gasteiger partial charge < -0.3 is 10.1 Å². The third-order valence-corrected chi connectivity index (χ3v) is 7.34. The van der Waals surface area contributed by atoms with Gasteiger partial charge in [0, 0.05) is 18.3 Å². The number of fused-ring (bicyclic) bond motifs is 1. The molecule has 0 aliphatic heterocycles. The number of nitrogens with zero attached hydrogens (tertiary/aromatic N) is 1. The van der Waals surface area contributed by atoms with E-state index in [-0.39, 0.29) is 33.9 Å². The molecule has 3 aromatic rings. The first-order chi connectivity index (χ1) is 15.3. The molecule has 0 saturated heterocycles. The summed E-state index contributed by atoms with van der Waals surface area (Å²) in [6.07, 6.45) is 4.23. The van der Waals surface area contributed by atoms with Gasteiger partial charge >= 0.3 is 0 Å². The SMILES string of the molecule is O=C(CCS(=O)(=O)c1ccc2c(c1)CCC2)Nc1ccc(Oc2ncc(Cl)cc2Cl)cc1. The van der Waals surface area contributed by atoms with Crippen LogP contribution in [0.15, 0.2) is 59.6 Å². The topological polar surface area (TPSA) is 85.4 Å². The lowest BCUT2D eigenvalue weighted by Gasteiger charge is -2.09. The largest absolute Gasteiger partial charge is 0.438 e. The molecule has 0 radical (unpaired) electrons.